The lowest BCUT2D eigenvalue weighted by Crippen LogP contribution is -2.21. The van der Waals surface area contributed by atoms with Gasteiger partial charge in [0, 0.05) is 17.5 Å². The zero-order valence-corrected chi connectivity index (χ0v) is 25.1. The number of hydrogen-bond acceptors (Lipinski definition) is 6. The highest BCUT2D eigenvalue weighted by Crippen LogP contribution is 2.29. The Labute approximate surface area is 262 Å². The van der Waals surface area contributed by atoms with Crippen LogP contribution >= 0.6 is 0 Å². The monoisotopic (exact) mass is 596 g/mol. The fraction of sp³-hybridized carbons (Fsp3) is 0.135. The molecular formula is C37H32N4O4. The van der Waals surface area contributed by atoms with Crippen LogP contribution in [0.3, 0.4) is 0 Å². The summed E-state index contributed by atoms with van der Waals surface area (Å²) in [6.07, 6.45) is 4.28. The highest BCUT2D eigenvalue weighted by atomic mass is 16.5. The molecule has 2 heterocycles. The van der Waals surface area contributed by atoms with Crippen LogP contribution < -0.4 is 19.5 Å². The van der Waals surface area contributed by atoms with E-state index in [9.17, 15) is 9.59 Å². The molecule has 0 N–H and O–H groups in total. The minimum absolute atomic E-state index is 0.177. The van der Waals surface area contributed by atoms with Gasteiger partial charge in [-0.1, -0.05) is 72.8 Å². The molecule has 45 heavy (non-hydrogen) atoms. The van der Waals surface area contributed by atoms with E-state index in [4.69, 9.17) is 9.47 Å². The first-order valence-electron chi connectivity index (χ1n) is 14.8. The van der Waals surface area contributed by atoms with Crippen LogP contribution in [0.15, 0.2) is 131 Å². The number of rotatable bonds is 10. The van der Waals surface area contributed by atoms with Gasteiger partial charge in [0.1, 0.15) is 11.5 Å². The third-order valence-electron chi connectivity index (χ3n) is 7.37. The predicted molar refractivity (Wildman–Crippen MR) is 179 cm³/mol. The number of nitrogens with zero attached hydrogens (tertiary/aromatic N) is 4. The smallest absolute Gasteiger partial charge is 0.280 e. The Bertz CT molecular complexity index is 1710. The molecule has 4 aromatic rings. The van der Waals surface area contributed by atoms with E-state index in [1.807, 2.05) is 135 Å². The minimum Gasteiger partial charge on any atom is -0.493 e. The number of anilines is 2. The second kappa shape index (κ2) is 13.3. The molecule has 2 aliphatic heterocycles. The van der Waals surface area contributed by atoms with Gasteiger partial charge in [0.15, 0.2) is 0 Å². The maximum atomic E-state index is 13.2. The molecule has 0 saturated carbocycles. The van der Waals surface area contributed by atoms with E-state index < -0.39 is 0 Å². The predicted octanol–water partition coefficient (Wildman–Crippen LogP) is 7.15. The number of ether oxygens (including phenoxy) is 2. The van der Waals surface area contributed by atoms with E-state index in [1.54, 1.807) is 0 Å². The number of carbonyl (C=O) groups is 2. The first-order chi connectivity index (χ1) is 22.0. The molecule has 2 amide bonds. The van der Waals surface area contributed by atoms with Crippen LogP contribution in [-0.2, 0) is 9.59 Å². The average molecular weight is 597 g/mol. The van der Waals surface area contributed by atoms with Crippen molar-refractivity contribution in [1.82, 2.24) is 0 Å². The second-order valence-corrected chi connectivity index (χ2v) is 10.5. The van der Waals surface area contributed by atoms with Crippen molar-refractivity contribution < 1.29 is 19.1 Å². The van der Waals surface area contributed by atoms with Crippen LogP contribution in [0, 0.1) is 0 Å². The van der Waals surface area contributed by atoms with E-state index in [-0.39, 0.29) is 11.8 Å². The van der Waals surface area contributed by atoms with E-state index >= 15 is 0 Å². The molecule has 224 valence electrons. The van der Waals surface area contributed by atoms with Crippen molar-refractivity contribution in [2.24, 2.45) is 10.2 Å². The van der Waals surface area contributed by atoms with Crippen LogP contribution in [0.4, 0.5) is 11.4 Å². The van der Waals surface area contributed by atoms with Gasteiger partial charge in [-0.3, -0.25) is 9.59 Å². The molecule has 8 nitrogen and oxygen atoms in total. The molecule has 0 fully saturated rings. The van der Waals surface area contributed by atoms with Crippen molar-refractivity contribution in [3.8, 4) is 11.5 Å². The summed E-state index contributed by atoms with van der Waals surface area (Å²) < 4.78 is 12.2. The minimum atomic E-state index is -0.177. The largest absolute Gasteiger partial charge is 0.493 e. The number of carbonyl (C=O) groups excluding carboxylic acids is 2. The first kappa shape index (κ1) is 29.3. The van der Waals surface area contributed by atoms with Gasteiger partial charge in [-0.25, -0.2) is 0 Å². The van der Waals surface area contributed by atoms with Gasteiger partial charge in [0.05, 0.1) is 47.2 Å². The van der Waals surface area contributed by atoms with Gasteiger partial charge in [-0.2, -0.15) is 20.2 Å². The number of hydrogen-bond donors (Lipinski definition) is 0. The van der Waals surface area contributed by atoms with Crippen molar-refractivity contribution in [3.63, 3.8) is 0 Å². The highest BCUT2D eigenvalue weighted by molar-refractivity contribution is 6.33. The number of amides is 2. The Morgan fingerprint density at radius 1 is 0.556 bits per heavy atom. The molecule has 0 unspecified atom stereocenters. The Kier molecular flexibility index (Phi) is 8.64. The Morgan fingerprint density at radius 3 is 1.36 bits per heavy atom. The number of hydrazone groups is 2. The van der Waals surface area contributed by atoms with Crippen molar-refractivity contribution in [1.29, 1.82) is 0 Å². The summed E-state index contributed by atoms with van der Waals surface area (Å²) in [5, 5.41) is 11.8. The summed E-state index contributed by atoms with van der Waals surface area (Å²) in [6.45, 7) is 4.49. The molecule has 0 spiro atoms. The zero-order valence-electron chi connectivity index (χ0n) is 25.1. The highest BCUT2D eigenvalue weighted by Gasteiger charge is 2.30. The van der Waals surface area contributed by atoms with Gasteiger partial charge < -0.3 is 9.47 Å². The molecule has 0 aromatic heterocycles. The lowest BCUT2D eigenvalue weighted by Gasteiger charge is -2.13. The first-order valence-corrected chi connectivity index (χ1v) is 14.8. The third kappa shape index (κ3) is 6.45. The molecule has 0 saturated heterocycles. The molecule has 4 aromatic carbocycles. The van der Waals surface area contributed by atoms with E-state index in [0.29, 0.717) is 53.7 Å². The maximum absolute atomic E-state index is 13.2. The van der Waals surface area contributed by atoms with Crippen molar-refractivity contribution >= 4 is 46.8 Å². The van der Waals surface area contributed by atoms with Crippen LogP contribution in [0.5, 0.6) is 11.5 Å². The molecule has 0 bridgehead atoms. The van der Waals surface area contributed by atoms with E-state index in [0.717, 1.165) is 22.5 Å². The fourth-order valence-electron chi connectivity index (χ4n) is 5.05. The standard InChI is InChI=1S/C37H32N4O4/c1-26-32(36(42)40(38-26)30-16-5-3-6-17-30)24-28-14-9-11-20-34(28)44-22-13-23-45-35-21-12-10-15-29(35)25-33-27(2)39-41(37(33)43)31-18-7-4-8-19-31/h3-12,14-21,24-25H,13,22-23H2,1-2H3/b32-24-,33-25+. The average Bonchev–Trinajstić information content (AvgIpc) is 3.52. The van der Waals surface area contributed by atoms with Crippen molar-refractivity contribution in [3.05, 3.63) is 131 Å². The summed E-state index contributed by atoms with van der Waals surface area (Å²) in [6, 6.07) is 34.0. The molecule has 6 rings (SSSR count). The normalized spacial score (nSPS) is 16.4. The topological polar surface area (TPSA) is 83.8 Å². The van der Waals surface area contributed by atoms with Crippen LogP contribution in [0.2, 0.25) is 0 Å². The molecule has 0 atom stereocenters. The number of benzene rings is 4. The molecule has 0 aliphatic carbocycles. The maximum Gasteiger partial charge on any atom is 0.280 e. The fourth-order valence-corrected chi connectivity index (χ4v) is 5.05. The molecule has 0 radical (unpaired) electrons. The lowest BCUT2D eigenvalue weighted by atomic mass is 10.1. The summed E-state index contributed by atoms with van der Waals surface area (Å²) in [7, 11) is 0. The Balaban J connectivity index is 1.07. The summed E-state index contributed by atoms with van der Waals surface area (Å²) in [5.74, 6) is 0.992. The second-order valence-electron chi connectivity index (χ2n) is 10.5. The van der Waals surface area contributed by atoms with E-state index in [1.165, 1.54) is 10.0 Å². The van der Waals surface area contributed by atoms with Crippen LogP contribution in [0.25, 0.3) is 12.2 Å². The molecule has 8 heteroatoms. The van der Waals surface area contributed by atoms with Crippen LogP contribution in [-0.4, -0.2) is 36.5 Å². The Morgan fingerprint density at radius 2 is 0.933 bits per heavy atom. The molecule has 2 aliphatic rings. The molecular weight excluding hydrogens is 564 g/mol. The summed E-state index contributed by atoms with van der Waals surface area (Å²) >= 11 is 0. The Hall–Kier alpha value is -5.76. The van der Waals surface area contributed by atoms with Gasteiger partial charge in [0.2, 0.25) is 0 Å². The SMILES string of the molecule is CC1=NN(c2ccccc2)C(=O)/C1=C\c1ccccc1OCCCOc1ccccc1/C=C1/C(=O)N(c2ccccc2)N=C1C. The van der Waals surface area contributed by atoms with Crippen molar-refractivity contribution in [2.45, 2.75) is 20.3 Å². The third-order valence-corrected chi connectivity index (χ3v) is 7.37. The van der Waals surface area contributed by atoms with Crippen molar-refractivity contribution in [2.75, 3.05) is 23.2 Å². The van der Waals surface area contributed by atoms with E-state index in [2.05, 4.69) is 10.2 Å². The van der Waals surface area contributed by atoms with Gasteiger partial charge in [0.25, 0.3) is 11.8 Å². The summed E-state index contributed by atoms with van der Waals surface area (Å²) in [4.78, 5) is 26.3. The number of para-hydroxylation sites is 4. The van der Waals surface area contributed by atoms with Gasteiger partial charge >= 0.3 is 0 Å². The van der Waals surface area contributed by atoms with Gasteiger partial charge in [-0.15, -0.1) is 0 Å². The lowest BCUT2D eigenvalue weighted by molar-refractivity contribution is -0.115. The van der Waals surface area contributed by atoms with Gasteiger partial charge in [-0.05, 0) is 62.4 Å². The van der Waals surface area contributed by atoms with Crippen LogP contribution in [0.1, 0.15) is 31.4 Å². The zero-order chi connectivity index (χ0) is 31.2. The quantitative estimate of drug-likeness (QED) is 0.144. The summed E-state index contributed by atoms with van der Waals surface area (Å²) in [5.41, 5.74) is 5.38.